The van der Waals surface area contributed by atoms with Gasteiger partial charge in [-0.3, -0.25) is 0 Å². The highest BCUT2D eigenvalue weighted by Crippen LogP contribution is 2.26. The molecule has 0 amide bonds. The number of piperidine rings is 1. The number of aliphatic hydroxyl groups is 1. The zero-order chi connectivity index (χ0) is 15.8. The van der Waals surface area contributed by atoms with Crippen LogP contribution in [0.3, 0.4) is 0 Å². The van der Waals surface area contributed by atoms with Gasteiger partial charge in [-0.2, -0.15) is 0 Å². The van der Waals surface area contributed by atoms with Crippen molar-refractivity contribution in [2.45, 2.75) is 32.3 Å². The molecule has 1 aliphatic heterocycles. The molecule has 1 atom stereocenters. The molecular formula is C18H29NO3. The fourth-order valence-electron chi connectivity index (χ4n) is 3.16. The smallest absolute Gasteiger partial charge is 0.122 e. The third-order valence-electron chi connectivity index (χ3n) is 4.39. The average molecular weight is 307 g/mol. The maximum absolute atomic E-state index is 9.92. The fourth-order valence-corrected chi connectivity index (χ4v) is 3.16. The predicted octanol–water partition coefficient (Wildman–Crippen LogP) is 2.35. The molecule has 0 radical (unpaired) electrons. The van der Waals surface area contributed by atoms with Crippen molar-refractivity contribution >= 4 is 0 Å². The fraction of sp³-hybridized carbons (Fsp3) is 0.667. The van der Waals surface area contributed by atoms with Crippen LogP contribution < -0.4 is 4.74 Å². The number of ether oxygens (including phenoxy) is 2. The van der Waals surface area contributed by atoms with Crippen molar-refractivity contribution in [1.82, 2.24) is 4.90 Å². The molecule has 124 valence electrons. The number of methoxy groups -OCH3 is 1. The first-order chi connectivity index (χ1) is 10.7. The van der Waals surface area contributed by atoms with Gasteiger partial charge in [0.2, 0.25) is 0 Å². The first kappa shape index (κ1) is 17.3. The van der Waals surface area contributed by atoms with Gasteiger partial charge in [-0.25, -0.2) is 0 Å². The van der Waals surface area contributed by atoms with Crippen molar-refractivity contribution in [2.75, 3.05) is 40.0 Å². The Morgan fingerprint density at radius 3 is 2.68 bits per heavy atom. The van der Waals surface area contributed by atoms with Crippen molar-refractivity contribution in [3.8, 4) is 5.75 Å². The lowest BCUT2D eigenvalue weighted by molar-refractivity contribution is 0.0147. The van der Waals surface area contributed by atoms with Crippen LogP contribution in [0.5, 0.6) is 5.75 Å². The van der Waals surface area contributed by atoms with Gasteiger partial charge in [0.15, 0.2) is 0 Å². The van der Waals surface area contributed by atoms with E-state index in [9.17, 15) is 5.11 Å². The molecule has 1 unspecified atom stereocenters. The second-order valence-corrected chi connectivity index (χ2v) is 6.07. The molecule has 0 aliphatic carbocycles. The van der Waals surface area contributed by atoms with Gasteiger partial charge in [0.1, 0.15) is 5.75 Å². The lowest BCUT2D eigenvalue weighted by Gasteiger charge is -2.33. The summed E-state index contributed by atoms with van der Waals surface area (Å²) >= 11 is 0. The summed E-state index contributed by atoms with van der Waals surface area (Å²) in [4.78, 5) is 2.35. The van der Waals surface area contributed by atoms with Crippen molar-refractivity contribution in [2.24, 2.45) is 5.92 Å². The molecule has 0 saturated carbocycles. The Kier molecular flexibility index (Phi) is 7.16. The number of nitrogens with zero attached hydrogens (tertiary/aromatic N) is 1. The van der Waals surface area contributed by atoms with Crippen LogP contribution in [-0.2, 0) is 11.2 Å². The van der Waals surface area contributed by atoms with Gasteiger partial charge in [0.25, 0.3) is 0 Å². The van der Waals surface area contributed by atoms with E-state index in [1.807, 2.05) is 19.1 Å². The Morgan fingerprint density at radius 1 is 1.27 bits per heavy atom. The maximum Gasteiger partial charge on any atom is 0.122 e. The predicted molar refractivity (Wildman–Crippen MR) is 88.4 cm³/mol. The van der Waals surface area contributed by atoms with Crippen LogP contribution in [0, 0.1) is 5.92 Å². The quantitative estimate of drug-likeness (QED) is 0.800. The molecule has 4 heteroatoms. The van der Waals surface area contributed by atoms with E-state index in [-0.39, 0.29) is 6.10 Å². The zero-order valence-corrected chi connectivity index (χ0v) is 13.8. The van der Waals surface area contributed by atoms with Crippen molar-refractivity contribution in [1.29, 1.82) is 0 Å². The van der Waals surface area contributed by atoms with Gasteiger partial charge in [0, 0.05) is 13.2 Å². The van der Waals surface area contributed by atoms with Gasteiger partial charge in [-0.15, -0.1) is 0 Å². The SMILES string of the molecule is CCOCC(O)CN1CCC(Cc2ccccc2OC)CC1. The monoisotopic (exact) mass is 307 g/mol. The van der Waals surface area contributed by atoms with E-state index in [1.54, 1.807) is 7.11 Å². The summed E-state index contributed by atoms with van der Waals surface area (Å²) in [5.41, 5.74) is 1.31. The Hall–Kier alpha value is -1.10. The first-order valence-electron chi connectivity index (χ1n) is 8.33. The molecule has 1 N–H and O–H groups in total. The second-order valence-electron chi connectivity index (χ2n) is 6.07. The van der Waals surface area contributed by atoms with E-state index in [4.69, 9.17) is 9.47 Å². The largest absolute Gasteiger partial charge is 0.496 e. The minimum absolute atomic E-state index is 0.370. The molecule has 2 rings (SSSR count). The van der Waals surface area contributed by atoms with Crippen molar-refractivity contribution < 1.29 is 14.6 Å². The average Bonchev–Trinajstić information content (AvgIpc) is 2.55. The molecule has 0 bridgehead atoms. The number of likely N-dealkylation sites (tertiary alicyclic amines) is 1. The summed E-state index contributed by atoms with van der Waals surface area (Å²) in [6.07, 6.45) is 3.07. The number of para-hydroxylation sites is 1. The Morgan fingerprint density at radius 2 is 2.00 bits per heavy atom. The molecule has 1 heterocycles. The molecular weight excluding hydrogens is 278 g/mol. The van der Waals surface area contributed by atoms with Crippen LogP contribution >= 0.6 is 0 Å². The normalized spacial score (nSPS) is 18.3. The van der Waals surface area contributed by atoms with Gasteiger partial charge in [-0.05, 0) is 56.8 Å². The molecule has 1 aromatic carbocycles. The van der Waals surface area contributed by atoms with Crippen LogP contribution in [0.25, 0.3) is 0 Å². The van der Waals surface area contributed by atoms with Gasteiger partial charge < -0.3 is 19.5 Å². The van der Waals surface area contributed by atoms with E-state index < -0.39 is 0 Å². The van der Waals surface area contributed by atoms with Gasteiger partial charge in [0.05, 0.1) is 19.8 Å². The highest BCUT2D eigenvalue weighted by Gasteiger charge is 2.22. The number of benzene rings is 1. The molecule has 1 aromatic rings. The third kappa shape index (κ3) is 5.27. The molecule has 1 aliphatic rings. The van der Waals surface area contributed by atoms with Crippen LogP contribution in [-0.4, -0.2) is 56.1 Å². The van der Waals surface area contributed by atoms with E-state index in [1.165, 1.54) is 18.4 Å². The Balaban J connectivity index is 1.75. The van der Waals surface area contributed by atoms with Crippen LogP contribution in [0.4, 0.5) is 0 Å². The summed E-state index contributed by atoms with van der Waals surface area (Å²) in [7, 11) is 1.74. The minimum atomic E-state index is -0.370. The van der Waals surface area contributed by atoms with Crippen molar-refractivity contribution in [3.05, 3.63) is 29.8 Å². The summed E-state index contributed by atoms with van der Waals surface area (Å²) in [5, 5.41) is 9.92. The molecule has 0 aromatic heterocycles. The molecule has 1 fully saturated rings. The number of hydrogen-bond donors (Lipinski definition) is 1. The standard InChI is InChI=1S/C18H29NO3/c1-3-22-14-17(20)13-19-10-8-15(9-11-19)12-16-6-4-5-7-18(16)21-2/h4-7,15,17,20H,3,8-14H2,1-2H3. The van der Waals surface area contributed by atoms with Crippen molar-refractivity contribution in [3.63, 3.8) is 0 Å². The number of aliphatic hydroxyl groups excluding tert-OH is 1. The zero-order valence-electron chi connectivity index (χ0n) is 13.8. The lowest BCUT2D eigenvalue weighted by Crippen LogP contribution is -2.40. The molecule has 1 saturated heterocycles. The summed E-state index contributed by atoms with van der Waals surface area (Å²) in [6.45, 7) is 5.90. The van der Waals surface area contributed by atoms with E-state index in [2.05, 4.69) is 17.0 Å². The van der Waals surface area contributed by atoms with E-state index >= 15 is 0 Å². The molecule has 0 spiro atoms. The van der Waals surface area contributed by atoms with E-state index in [0.29, 0.717) is 19.1 Å². The van der Waals surface area contributed by atoms with Gasteiger partial charge >= 0.3 is 0 Å². The molecule has 22 heavy (non-hydrogen) atoms. The Bertz CT molecular complexity index is 430. The Labute approximate surface area is 134 Å². The summed E-state index contributed by atoms with van der Waals surface area (Å²) < 4.78 is 10.7. The van der Waals surface area contributed by atoms with Gasteiger partial charge in [-0.1, -0.05) is 18.2 Å². The third-order valence-corrected chi connectivity index (χ3v) is 4.39. The lowest BCUT2D eigenvalue weighted by atomic mass is 9.89. The van der Waals surface area contributed by atoms with Crippen LogP contribution in [0.1, 0.15) is 25.3 Å². The second kappa shape index (κ2) is 9.13. The van der Waals surface area contributed by atoms with Crippen LogP contribution in [0.2, 0.25) is 0 Å². The highest BCUT2D eigenvalue weighted by atomic mass is 16.5. The highest BCUT2D eigenvalue weighted by molar-refractivity contribution is 5.33. The molecule has 4 nitrogen and oxygen atoms in total. The van der Waals surface area contributed by atoms with Crippen LogP contribution in [0.15, 0.2) is 24.3 Å². The minimum Gasteiger partial charge on any atom is -0.496 e. The maximum atomic E-state index is 9.92. The van der Waals surface area contributed by atoms with E-state index in [0.717, 1.165) is 31.8 Å². The summed E-state index contributed by atoms with van der Waals surface area (Å²) in [5.74, 6) is 1.70. The topological polar surface area (TPSA) is 41.9 Å². The number of hydrogen-bond acceptors (Lipinski definition) is 4. The summed E-state index contributed by atoms with van der Waals surface area (Å²) in [6, 6.07) is 8.30. The number of β-amino-alcohol motifs (C(OH)–C–C–N with tert-alkyl or cyclic N) is 1. The first-order valence-corrected chi connectivity index (χ1v) is 8.33. The number of rotatable bonds is 8.